The van der Waals surface area contributed by atoms with Crippen molar-refractivity contribution in [3.63, 3.8) is 0 Å². The van der Waals surface area contributed by atoms with E-state index in [1.165, 1.54) is 0 Å². The first-order valence-corrected chi connectivity index (χ1v) is 4.28. The molecule has 1 aromatic rings. The van der Waals surface area contributed by atoms with Gasteiger partial charge in [-0.15, -0.1) is 5.10 Å². The molecule has 0 spiro atoms. The van der Waals surface area contributed by atoms with Crippen LogP contribution in [0.5, 0.6) is 0 Å². The minimum absolute atomic E-state index is 0.528. The van der Waals surface area contributed by atoms with Crippen LogP contribution >= 0.6 is 0 Å². The van der Waals surface area contributed by atoms with Crippen LogP contribution in [0.25, 0.3) is 0 Å². The molecule has 0 bridgehead atoms. The summed E-state index contributed by atoms with van der Waals surface area (Å²) in [6.45, 7) is 7.11. The Balaban J connectivity index is 2.41. The molecule has 68 valence electrons. The number of nitrogens with zero attached hydrogens (tertiary/aromatic N) is 2. The first kappa shape index (κ1) is 9.03. The van der Waals surface area contributed by atoms with Gasteiger partial charge < -0.3 is 9.73 Å². The van der Waals surface area contributed by atoms with Gasteiger partial charge in [-0.1, -0.05) is 25.9 Å². The molecule has 1 rings (SSSR count). The summed E-state index contributed by atoms with van der Waals surface area (Å²) in [5.41, 5.74) is 0. The summed E-state index contributed by atoms with van der Waals surface area (Å²) in [5, 5.41) is 10.7. The molecule has 4 heteroatoms. The van der Waals surface area contributed by atoms with E-state index >= 15 is 0 Å². The number of aromatic nitrogens is 2. The highest BCUT2D eigenvalue weighted by atomic mass is 16.4. The van der Waals surface area contributed by atoms with Crippen molar-refractivity contribution >= 4 is 6.01 Å². The smallest absolute Gasteiger partial charge is 0.315 e. The SMILES string of the molecule is CCc1nnc(NCC(C)C)o1. The number of rotatable bonds is 4. The zero-order valence-electron chi connectivity index (χ0n) is 7.79. The molecule has 0 atom stereocenters. The molecule has 0 radical (unpaired) electrons. The quantitative estimate of drug-likeness (QED) is 0.745. The predicted molar refractivity (Wildman–Crippen MR) is 47.0 cm³/mol. The lowest BCUT2D eigenvalue weighted by Crippen LogP contribution is -2.07. The fourth-order valence-corrected chi connectivity index (χ4v) is 0.759. The van der Waals surface area contributed by atoms with Gasteiger partial charge in [0, 0.05) is 13.0 Å². The van der Waals surface area contributed by atoms with E-state index in [1.807, 2.05) is 6.92 Å². The van der Waals surface area contributed by atoms with Crippen molar-refractivity contribution < 1.29 is 4.42 Å². The van der Waals surface area contributed by atoms with Crippen molar-refractivity contribution in [1.29, 1.82) is 0 Å². The van der Waals surface area contributed by atoms with Crippen LogP contribution in [0, 0.1) is 5.92 Å². The maximum atomic E-state index is 5.25. The summed E-state index contributed by atoms with van der Waals surface area (Å²) < 4.78 is 5.25. The molecule has 1 N–H and O–H groups in total. The van der Waals surface area contributed by atoms with Crippen molar-refractivity contribution in [2.75, 3.05) is 11.9 Å². The zero-order chi connectivity index (χ0) is 8.97. The maximum Gasteiger partial charge on any atom is 0.315 e. The summed E-state index contributed by atoms with van der Waals surface area (Å²) in [6, 6.07) is 0.528. The minimum atomic E-state index is 0.528. The van der Waals surface area contributed by atoms with Crippen LogP contribution < -0.4 is 5.32 Å². The molecule has 0 unspecified atom stereocenters. The third-order valence-corrected chi connectivity index (χ3v) is 1.43. The third-order valence-electron chi connectivity index (χ3n) is 1.43. The number of hydrogen-bond acceptors (Lipinski definition) is 4. The van der Waals surface area contributed by atoms with E-state index in [-0.39, 0.29) is 0 Å². The second-order valence-electron chi connectivity index (χ2n) is 3.13. The third kappa shape index (κ3) is 2.53. The number of anilines is 1. The van der Waals surface area contributed by atoms with Crippen LogP contribution in [0.4, 0.5) is 6.01 Å². The molecule has 0 fully saturated rings. The highest BCUT2D eigenvalue weighted by Crippen LogP contribution is 2.06. The van der Waals surface area contributed by atoms with E-state index in [0.29, 0.717) is 17.8 Å². The lowest BCUT2D eigenvalue weighted by molar-refractivity contribution is 0.507. The molecule has 12 heavy (non-hydrogen) atoms. The largest absolute Gasteiger partial charge is 0.408 e. The van der Waals surface area contributed by atoms with Crippen molar-refractivity contribution in [2.45, 2.75) is 27.2 Å². The van der Waals surface area contributed by atoms with Crippen LogP contribution in [0.1, 0.15) is 26.7 Å². The summed E-state index contributed by atoms with van der Waals surface area (Å²) in [5.74, 6) is 1.27. The van der Waals surface area contributed by atoms with E-state index < -0.39 is 0 Å². The zero-order valence-corrected chi connectivity index (χ0v) is 7.79. The Labute approximate surface area is 72.4 Å². The second kappa shape index (κ2) is 4.09. The van der Waals surface area contributed by atoms with Gasteiger partial charge in [-0.2, -0.15) is 0 Å². The first-order valence-electron chi connectivity index (χ1n) is 4.28. The van der Waals surface area contributed by atoms with E-state index in [2.05, 4.69) is 29.4 Å². The van der Waals surface area contributed by atoms with Crippen LogP contribution in [0.2, 0.25) is 0 Å². The first-order chi connectivity index (χ1) is 5.72. The molecule has 0 saturated carbocycles. The Morgan fingerprint density at radius 1 is 1.42 bits per heavy atom. The van der Waals surface area contributed by atoms with Crippen molar-refractivity contribution in [3.8, 4) is 0 Å². The fourth-order valence-electron chi connectivity index (χ4n) is 0.759. The average Bonchev–Trinajstić information content (AvgIpc) is 2.48. The van der Waals surface area contributed by atoms with Crippen molar-refractivity contribution in [2.24, 2.45) is 5.92 Å². The predicted octanol–water partition coefficient (Wildman–Crippen LogP) is 1.70. The van der Waals surface area contributed by atoms with E-state index in [4.69, 9.17) is 4.42 Å². The normalized spacial score (nSPS) is 10.7. The van der Waals surface area contributed by atoms with Crippen LogP contribution in [-0.2, 0) is 6.42 Å². The molecule has 0 saturated heterocycles. The molecule has 0 aliphatic rings. The van der Waals surface area contributed by atoms with Crippen LogP contribution in [0.15, 0.2) is 4.42 Å². The number of nitrogens with one attached hydrogen (secondary N) is 1. The van der Waals surface area contributed by atoms with Gasteiger partial charge in [0.1, 0.15) is 0 Å². The summed E-state index contributed by atoms with van der Waals surface area (Å²) >= 11 is 0. The second-order valence-corrected chi connectivity index (χ2v) is 3.13. The average molecular weight is 169 g/mol. The highest BCUT2D eigenvalue weighted by Gasteiger charge is 2.02. The summed E-state index contributed by atoms with van der Waals surface area (Å²) in [7, 11) is 0. The van der Waals surface area contributed by atoms with Gasteiger partial charge in [-0.05, 0) is 5.92 Å². The lowest BCUT2D eigenvalue weighted by Gasteiger charge is -2.02. The van der Waals surface area contributed by atoms with E-state index in [0.717, 1.165) is 13.0 Å². The molecule has 0 aromatic carbocycles. The number of hydrogen-bond donors (Lipinski definition) is 1. The molecule has 1 aromatic heterocycles. The molecule has 4 nitrogen and oxygen atoms in total. The molecule has 0 amide bonds. The van der Waals surface area contributed by atoms with Gasteiger partial charge in [0.15, 0.2) is 0 Å². The number of aryl methyl sites for hydroxylation is 1. The van der Waals surface area contributed by atoms with Gasteiger partial charge in [0.05, 0.1) is 0 Å². The Kier molecular flexibility index (Phi) is 3.08. The van der Waals surface area contributed by atoms with Gasteiger partial charge in [-0.3, -0.25) is 0 Å². The van der Waals surface area contributed by atoms with Crippen molar-refractivity contribution in [3.05, 3.63) is 5.89 Å². The summed E-state index contributed by atoms with van der Waals surface area (Å²) in [4.78, 5) is 0. The lowest BCUT2D eigenvalue weighted by atomic mass is 10.2. The Morgan fingerprint density at radius 2 is 2.17 bits per heavy atom. The van der Waals surface area contributed by atoms with Crippen LogP contribution in [-0.4, -0.2) is 16.7 Å². The fraction of sp³-hybridized carbons (Fsp3) is 0.750. The maximum absolute atomic E-state index is 5.25. The van der Waals surface area contributed by atoms with E-state index in [1.54, 1.807) is 0 Å². The van der Waals surface area contributed by atoms with Crippen molar-refractivity contribution in [1.82, 2.24) is 10.2 Å². The minimum Gasteiger partial charge on any atom is -0.408 e. The monoisotopic (exact) mass is 169 g/mol. The van der Waals surface area contributed by atoms with Gasteiger partial charge >= 0.3 is 6.01 Å². The Morgan fingerprint density at radius 3 is 2.67 bits per heavy atom. The molecule has 1 heterocycles. The summed E-state index contributed by atoms with van der Waals surface area (Å²) in [6.07, 6.45) is 0.788. The van der Waals surface area contributed by atoms with Crippen LogP contribution in [0.3, 0.4) is 0 Å². The standard InChI is InChI=1S/C8H15N3O/c1-4-7-10-11-8(12-7)9-5-6(2)3/h6H,4-5H2,1-3H3,(H,9,11). The molecular formula is C8H15N3O. The van der Waals surface area contributed by atoms with Gasteiger partial charge in [0.25, 0.3) is 0 Å². The van der Waals surface area contributed by atoms with E-state index in [9.17, 15) is 0 Å². The van der Waals surface area contributed by atoms with Gasteiger partial charge in [0.2, 0.25) is 5.89 Å². The topological polar surface area (TPSA) is 51.0 Å². The highest BCUT2D eigenvalue weighted by molar-refractivity contribution is 5.16. The Hall–Kier alpha value is -1.06. The Bertz CT molecular complexity index is 232. The van der Waals surface area contributed by atoms with Gasteiger partial charge in [-0.25, -0.2) is 0 Å². The molecular weight excluding hydrogens is 154 g/mol. The molecule has 0 aliphatic carbocycles. The molecule has 0 aliphatic heterocycles.